The third-order valence-corrected chi connectivity index (χ3v) is 6.59. The number of carbonyl (C=O) groups excluding carboxylic acids is 4. The van der Waals surface area contributed by atoms with Crippen LogP contribution in [0.2, 0.25) is 0 Å². The number of carbonyl (C=O) groups is 4. The summed E-state index contributed by atoms with van der Waals surface area (Å²) in [6.45, 7) is 1.07. The number of sulfone groups is 1. The second-order valence-electron chi connectivity index (χ2n) is 6.92. The average molecular weight is 372 g/mol. The van der Waals surface area contributed by atoms with Crippen molar-refractivity contribution in [2.45, 2.75) is 37.8 Å². The Kier molecular flexibility index (Phi) is 4.21. The molecule has 0 spiro atoms. The third-order valence-electron chi connectivity index (χ3n) is 4.82. The van der Waals surface area contributed by atoms with Crippen LogP contribution in [0.25, 0.3) is 0 Å². The molecule has 3 N–H and O–H groups in total. The van der Waals surface area contributed by atoms with Crippen molar-refractivity contribution in [1.29, 1.82) is 0 Å². The quantitative estimate of drug-likeness (QED) is 0.525. The second-order valence-corrected chi connectivity index (χ2v) is 9.15. The van der Waals surface area contributed by atoms with Crippen LogP contribution in [0.1, 0.15) is 26.2 Å². The first-order valence-corrected chi connectivity index (χ1v) is 9.88. The molecule has 0 aromatic rings. The van der Waals surface area contributed by atoms with Crippen molar-refractivity contribution >= 4 is 33.7 Å². The van der Waals surface area contributed by atoms with Gasteiger partial charge in [-0.1, -0.05) is 0 Å². The van der Waals surface area contributed by atoms with E-state index >= 15 is 0 Å². The van der Waals surface area contributed by atoms with E-state index in [9.17, 15) is 27.6 Å². The largest absolute Gasteiger partial charge is 0.334 e. The van der Waals surface area contributed by atoms with Gasteiger partial charge >= 0.3 is 12.1 Å². The topological polar surface area (TPSA) is 142 Å². The van der Waals surface area contributed by atoms with Crippen LogP contribution in [0, 0.1) is 5.92 Å². The average Bonchev–Trinajstić information content (AvgIpc) is 3.25. The first-order valence-electron chi connectivity index (χ1n) is 8.05. The third kappa shape index (κ3) is 3.60. The summed E-state index contributed by atoms with van der Waals surface area (Å²) in [7, 11) is -3.15. The summed E-state index contributed by atoms with van der Waals surface area (Å²) in [5, 5.41) is 7.03. The van der Waals surface area contributed by atoms with Gasteiger partial charge in [-0.15, -0.1) is 0 Å². The molecule has 3 rings (SSSR count). The maximum Gasteiger partial charge on any atom is 0.325 e. The summed E-state index contributed by atoms with van der Waals surface area (Å²) < 4.78 is 22.7. The lowest BCUT2D eigenvalue weighted by Gasteiger charge is -2.20. The zero-order chi connectivity index (χ0) is 18.4. The van der Waals surface area contributed by atoms with Gasteiger partial charge in [0.25, 0.3) is 5.91 Å². The molecule has 2 atom stereocenters. The van der Waals surface area contributed by atoms with Crippen LogP contribution < -0.4 is 16.0 Å². The van der Waals surface area contributed by atoms with Crippen molar-refractivity contribution in [3.8, 4) is 0 Å². The molecule has 0 aromatic carbocycles. The smallest absolute Gasteiger partial charge is 0.325 e. The highest BCUT2D eigenvalue weighted by molar-refractivity contribution is 7.91. The number of rotatable bonds is 4. The number of hydrogen-bond acceptors (Lipinski definition) is 6. The maximum atomic E-state index is 12.4. The molecule has 2 unspecified atom stereocenters. The van der Waals surface area contributed by atoms with E-state index in [0.717, 1.165) is 17.7 Å². The molecule has 6 amide bonds. The molecule has 3 fully saturated rings. The standard InChI is InChI=1S/C14H20N4O6S/c1-14(8-2-3-8)11(20)18(13(22)17-14)6-10(19)16-12(21)15-9-4-5-25(23,24)7-9/h8-9H,2-7H2,1H3,(H,17,22)(H2,15,16,19,21). The number of urea groups is 2. The van der Waals surface area contributed by atoms with E-state index in [1.54, 1.807) is 6.92 Å². The van der Waals surface area contributed by atoms with E-state index < -0.39 is 51.8 Å². The van der Waals surface area contributed by atoms with E-state index in [1.807, 2.05) is 5.32 Å². The van der Waals surface area contributed by atoms with Crippen molar-refractivity contribution in [1.82, 2.24) is 20.9 Å². The SMILES string of the molecule is CC1(C2CC2)NC(=O)N(CC(=O)NC(=O)NC2CCS(=O)(=O)C2)C1=O. The van der Waals surface area contributed by atoms with Crippen LogP contribution in [0.15, 0.2) is 0 Å². The normalized spacial score (nSPS) is 30.9. The molecule has 11 heteroatoms. The molecule has 0 radical (unpaired) electrons. The lowest BCUT2D eigenvalue weighted by Crippen LogP contribution is -2.49. The fourth-order valence-corrected chi connectivity index (χ4v) is 4.91. The van der Waals surface area contributed by atoms with Crippen molar-refractivity contribution < 1.29 is 27.6 Å². The van der Waals surface area contributed by atoms with Crippen LogP contribution in [0.3, 0.4) is 0 Å². The summed E-state index contributed by atoms with van der Waals surface area (Å²) in [6, 6.07) is -2.05. The van der Waals surface area contributed by atoms with Gasteiger partial charge < -0.3 is 10.6 Å². The van der Waals surface area contributed by atoms with Crippen molar-refractivity contribution in [3.63, 3.8) is 0 Å². The van der Waals surface area contributed by atoms with Crippen molar-refractivity contribution in [2.24, 2.45) is 5.92 Å². The Hall–Kier alpha value is -2.17. The summed E-state index contributed by atoms with van der Waals surface area (Å²) in [5.74, 6) is -1.39. The Balaban J connectivity index is 1.51. The Labute approximate surface area is 144 Å². The Morgan fingerprint density at radius 2 is 1.96 bits per heavy atom. The molecule has 10 nitrogen and oxygen atoms in total. The van der Waals surface area contributed by atoms with Crippen molar-refractivity contribution in [3.05, 3.63) is 0 Å². The zero-order valence-electron chi connectivity index (χ0n) is 13.7. The zero-order valence-corrected chi connectivity index (χ0v) is 14.5. The highest BCUT2D eigenvalue weighted by Crippen LogP contribution is 2.42. The summed E-state index contributed by atoms with van der Waals surface area (Å²) in [4.78, 5) is 48.8. The minimum absolute atomic E-state index is 0.00586. The second kappa shape index (κ2) is 5.97. The monoisotopic (exact) mass is 372 g/mol. The van der Waals surface area contributed by atoms with E-state index in [0.29, 0.717) is 0 Å². The van der Waals surface area contributed by atoms with Crippen LogP contribution in [0.4, 0.5) is 9.59 Å². The maximum absolute atomic E-state index is 12.4. The van der Waals surface area contributed by atoms with Gasteiger partial charge in [-0.05, 0) is 32.1 Å². The van der Waals surface area contributed by atoms with E-state index in [2.05, 4.69) is 10.6 Å². The molecule has 3 aliphatic rings. The molecular weight excluding hydrogens is 352 g/mol. The summed E-state index contributed by atoms with van der Waals surface area (Å²) in [6.07, 6.45) is 1.97. The number of imide groups is 2. The molecular formula is C14H20N4O6S. The molecule has 1 aliphatic carbocycles. The molecule has 1 saturated carbocycles. The molecule has 138 valence electrons. The minimum atomic E-state index is -3.15. The first-order chi connectivity index (χ1) is 11.6. The van der Waals surface area contributed by atoms with E-state index in [-0.39, 0.29) is 23.8 Å². The minimum Gasteiger partial charge on any atom is -0.334 e. The number of nitrogens with zero attached hydrogens (tertiary/aromatic N) is 1. The van der Waals surface area contributed by atoms with Crippen LogP contribution >= 0.6 is 0 Å². The molecule has 0 bridgehead atoms. The van der Waals surface area contributed by atoms with Gasteiger partial charge in [-0.3, -0.25) is 19.8 Å². The molecule has 2 aliphatic heterocycles. The van der Waals surface area contributed by atoms with E-state index in [1.165, 1.54) is 0 Å². The highest BCUT2D eigenvalue weighted by atomic mass is 32.2. The number of hydrogen-bond donors (Lipinski definition) is 3. The van der Waals surface area contributed by atoms with Gasteiger partial charge in [0, 0.05) is 6.04 Å². The predicted molar refractivity (Wildman–Crippen MR) is 85.1 cm³/mol. The lowest BCUT2D eigenvalue weighted by molar-refractivity contribution is -0.134. The summed E-state index contributed by atoms with van der Waals surface area (Å²) >= 11 is 0. The summed E-state index contributed by atoms with van der Waals surface area (Å²) in [5.41, 5.74) is -0.988. The van der Waals surface area contributed by atoms with Gasteiger partial charge in [0.1, 0.15) is 12.1 Å². The predicted octanol–water partition coefficient (Wildman–Crippen LogP) is -1.28. The number of nitrogens with one attached hydrogen (secondary N) is 3. The van der Waals surface area contributed by atoms with Crippen LogP contribution in [-0.2, 0) is 19.4 Å². The van der Waals surface area contributed by atoms with Crippen molar-refractivity contribution in [2.75, 3.05) is 18.1 Å². The lowest BCUT2D eigenvalue weighted by atomic mass is 9.96. The molecule has 2 heterocycles. The van der Waals surface area contributed by atoms with Gasteiger partial charge in [0.2, 0.25) is 5.91 Å². The Morgan fingerprint density at radius 1 is 1.28 bits per heavy atom. The fraction of sp³-hybridized carbons (Fsp3) is 0.714. The molecule has 0 aromatic heterocycles. The number of amides is 6. The van der Waals surface area contributed by atoms with Gasteiger partial charge in [0.05, 0.1) is 11.5 Å². The van der Waals surface area contributed by atoms with Gasteiger partial charge in [-0.25, -0.2) is 18.0 Å². The molecule has 2 saturated heterocycles. The Bertz CT molecular complexity index is 746. The van der Waals surface area contributed by atoms with Gasteiger partial charge in [0.15, 0.2) is 9.84 Å². The fourth-order valence-electron chi connectivity index (χ4n) is 3.24. The van der Waals surface area contributed by atoms with Crippen LogP contribution in [-0.4, -0.2) is 66.8 Å². The van der Waals surface area contributed by atoms with Crippen LogP contribution in [0.5, 0.6) is 0 Å². The highest BCUT2D eigenvalue weighted by Gasteiger charge is 2.56. The van der Waals surface area contributed by atoms with Gasteiger partial charge in [-0.2, -0.15) is 0 Å². The Morgan fingerprint density at radius 3 is 2.52 bits per heavy atom. The first kappa shape index (κ1) is 17.6. The van der Waals surface area contributed by atoms with E-state index in [4.69, 9.17) is 0 Å². The molecule has 25 heavy (non-hydrogen) atoms.